The lowest BCUT2D eigenvalue weighted by Crippen LogP contribution is -2.30. The van der Waals surface area contributed by atoms with Gasteiger partial charge in [0.05, 0.1) is 11.4 Å². The van der Waals surface area contributed by atoms with Crippen LogP contribution in [-0.2, 0) is 0 Å². The summed E-state index contributed by atoms with van der Waals surface area (Å²) >= 11 is 0. The molecule has 0 atom stereocenters. The van der Waals surface area contributed by atoms with E-state index < -0.39 is 0 Å². The molecule has 6 heteroatoms. The monoisotopic (exact) mass is 348 g/mol. The highest BCUT2D eigenvalue weighted by atomic mass is 16.5. The summed E-state index contributed by atoms with van der Waals surface area (Å²) in [7, 11) is 0. The lowest BCUT2D eigenvalue weighted by molar-refractivity contribution is 0.101. The van der Waals surface area contributed by atoms with Gasteiger partial charge in [-0.05, 0) is 43.5 Å². The number of nitrogens with zero attached hydrogens (tertiary/aromatic N) is 3. The fourth-order valence-electron chi connectivity index (χ4n) is 3.20. The molecule has 26 heavy (non-hydrogen) atoms. The van der Waals surface area contributed by atoms with Gasteiger partial charge >= 0.3 is 0 Å². The molecule has 3 heterocycles. The predicted octanol–water partition coefficient (Wildman–Crippen LogP) is 3.98. The van der Waals surface area contributed by atoms with Crippen molar-refractivity contribution in [1.82, 2.24) is 10.1 Å². The average Bonchev–Trinajstić information content (AvgIpc) is 3.20. The van der Waals surface area contributed by atoms with Crippen LogP contribution in [0.15, 0.2) is 59.4 Å². The Hall–Kier alpha value is -3.15. The van der Waals surface area contributed by atoms with Gasteiger partial charge in [-0.25, -0.2) is 0 Å². The minimum absolute atomic E-state index is 0.248. The maximum Gasteiger partial charge on any atom is 0.277 e. The summed E-state index contributed by atoms with van der Waals surface area (Å²) < 4.78 is 5.29. The van der Waals surface area contributed by atoms with E-state index in [9.17, 15) is 4.79 Å². The minimum atomic E-state index is -0.284. The number of para-hydroxylation sites is 2. The zero-order valence-electron chi connectivity index (χ0n) is 14.4. The Kier molecular flexibility index (Phi) is 4.64. The number of benzene rings is 1. The molecule has 2 aromatic heterocycles. The third-order valence-electron chi connectivity index (χ3n) is 4.54. The molecule has 132 valence electrons. The fourth-order valence-corrected chi connectivity index (χ4v) is 3.20. The maximum atomic E-state index is 12.6. The molecule has 0 spiro atoms. The van der Waals surface area contributed by atoms with Gasteiger partial charge in [0.1, 0.15) is 0 Å². The van der Waals surface area contributed by atoms with Crippen molar-refractivity contribution in [2.24, 2.45) is 0 Å². The molecule has 0 aliphatic carbocycles. The molecule has 1 fully saturated rings. The standard InChI is InChI=1S/C20H20N4O2/c25-20(17-13-19(26-23-17)15-7-6-10-21-14-15)22-16-8-2-3-9-18(16)24-11-4-1-5-12-24/h2-3,6-10,13-14H,1,4-5,11-12H2,(H,22,25). The largest absolute Gasteiger partial charge is 0.370 e. The van der Waals surface area contributed by atoms with Crippen LogP contribution in [0.5, 0.6) is 0 Å². The van der Waals surface area contributed by atoms with Crippen LogP contribution in [0.2, 0.25) is 0 Å². The molecular weight excluding hydrogens is 328 g/mol. The first-order valence-electron chi connectivity index (χ1n) is 8.84. The summed E-state index contributed by atoms with van der Waals surface area (Å²) in [5.74, 6) is 0.237. The highest BCUT2D eigenvalue weighted by Crippen LogP contribution is 2.29. The molecule has 1 amide bonds. The number of hydrogen-bond acceptors (Lipinski definition) is 5. The topological polar surface area (TPSA) is 71.3 Å². The van der Waals surface area contributed by atoms with E-state index in [-0.39, 0.29) is 11.6 Å². The van der Waals surface area contributed by atoms with Crippen molar-refractivity contribution >= 4 is 17.3 Å². The Morgan fingerprint density at radius 3 is 2.73 bits per heavy atom. The van der Waals surface area contributed by atoms with Gasteiger partial charge in [-0.1, -0.05) is 17.3 Å². The summed E-state index contributed by atoms with van der Waals surface area (Å²) in [4.78, 5) is 19.0. The zero-order chi connectivity index (χ0) is 17.8. The summed E-state index contributed by atoms with van der Waals surface area (Å²) in [6.07, 6.45) is 6.99. The van der Waals surface area contributed by atoms with Crippen LogP contribution < -0.4 is 10.2 Å². The SMILES string of the molecule is O=C(Nc1ccccc1N1CCCCC1)c1cc(-c2cccnc2)on1. The van der Waals surface area contributed by atoms with E-state index in [0.29, 0.717) is 5.76 Å². The Labute approximate surface area is 151 Å². The van der Waals surface area contributed by atoms with Gasteiger partial charge in [0.2, 0.25) is 0 Å². The Morgan fingerprint density at radius 2 is 1.92 bits per heavy atom. The summed E-state index contributed by atoms with van der Waals surface area (Å²) in [5, 5.41) is 6.87. The van der Waals surface area contributed by atoms with E-state index in [2.05, 4.69) is 20.4 Å². The Balaban J connectivity index is 1.53. The molecular formula is C20H20N4O2. The average molecular weight is 348 g/mol. The number of pyridine rings is 1. The molecule has 0 radical (unpaired) electrons. The first-order valence-corrected chi connectivity index (χ1v) is 8.84. The van der Waals surface area contributed by atoms with Crippen molar-refractivity contribution in [2.45, 2.75) is 19.3 Å². The van der Waals surface area contributed by atoms with E-state index in [0.717, 1.165) is 30.0 Å². The van der Waals surface area contributed by atoms with Crippen molar-refractivity contribution < 1.29 is 9.32 Å². The molecule has 6 nitrogen and oxygen atoms in total. The summed E-state index contributed by atoms with van der Waals surface area (Å²) in [6, 6.07) is 13.2. The third-order valence-corrected chi connectivity index (χ3v) is 4.54. The van der Waals surface area contributed by atoms with E-state index in [1.807, 2.05) is 36.4 Å². The molecule has 0 bridgehead atoms. The number of nitrogens with one attached hydrogen (secondary N) is 1. The first-order chi connectivity index (χ1) is 12.8. The van der Waals surface area contributed by atoms with Crippen molar-refractivity contribution in [2.75, 3.05) is 23.3 Å². The van der Waals surface area contributed by atoms with Crippen LogP contribution in [0, 0.1) is 0 Å². The van der Waals surface area contributed by atoms with Gasteiger partial charge in [-0.15, -0.1) is 0 Å². The maximum absolute atomic E-state index is 12.6. The van der Waals surface area contributed by atoms with E-state index in [4.69, 9.17) is 4.52 Å². The molecule has 0 unspecified atom stereocenters. The van der Waals surface area contributed by atoms with E-state index in [1.54, 1.807) is 18.5 Å². The van der Waals surface area contributed by atoms with Gasteiger partial charge in [0.15, 0.2) is 11.5 Å². The second-order valence-electron chi connectivity index (χ2n) is 6.34. The molecule has 3 aromatic rings. The van der Waals surface area contributed by atoms with Gasteiger partial charge in [0.25, 0.3) is 5.91 Å². The number of amides is 1. The number of rotatable bonds is 4. The number of piperidine rings is 1. The fraction of sp³-hybridized carbons (Fsp3) is 0.250. The smallest absolute Gasteiger partial charge is 0.277 e. The van der Waals surface area contributed by atoms with Gasteiger partial charge in [-0.2, -0.15) is 0 Å². The molecule has 1 aromatic carbocycles. The van der Waals surface area contributed by atoms with Crippen LogP contribution in [0.1, 0.15) is 29.8 Å². The Bertz CT molecular complexity index is 886. The number of carbonyl (C=O) groups excluding carboxylic acids is 1. The summed E-state index contributed by atoms with van der Waals surface area (Å²) in [6.45, 7) is 2.03. The van der Waals surface area contributed by atoms with Crippen molar-refractivity contribution in [3.63, 3.8) is 0 Å². The van der Waals surface area contributed by atoms with Gasteiger partial charge in [-0.3, -0.25) is 9.78 Å². The summed E-state index contributed by atoms with van der Waals surface area (Å²) in [5.41, 5.74) is 2.88. The van der Waals surface area contributed by atoms with Crippen LogP contribution in [0.25, 0.3) is 11.3 Å². The lowest BCUT2D eigenvalue weighted by Gasteiger charge is -2.30. The lowest BCUT2D eigenvalue weighted by atomic mass is 10.1. The van der Waals surface area contributed by atoms with Crippen LogP contribution >= 0.6 is 0 Å². The molecule has 0 saturated carbocycles. The van der Waals surface area contributed by atoms with Crippen LogP contribution in [0.3, 0.4) is 0 Å². The molecule has 1 N–H and O–H groups in total. The number of aromatic nitrogens is 2. The predicted molar refractivity (Wildman–Crippen MR) is 100 cm³/mol. The molecule has 1 aliphatic rings. The highest BCUT2D eigenvalue weighted by molar-refractivity contribution is 6.05. The quantitative estimate of drug-likeness (QED) is 0.772. The van der Waals surface area contributed by atoms with Gasteiger partial charge in [0, 0.05) is 37.1 Å². The van der Waals surface area contributed by atoms with E-state index >= 15 is 0 Å². The number of anilines is 2. The van der Waals surface area contributed by atoms with Crippen molar-refractivity contribution in [3.8, 4) is 11.3 Å². The highest BCUT2D eigenvalue weighted by Gasteiger charge is 2.18. The Morgan fingerprint density at radius 1 is 1.08 bits per heavy atom. The third kappa shape index (κ3) is 3.44. The minimum Gasteiger partial charge on any atom is -0.370 e. The van der Waals surface area contributed by atoms with Crippen molar-refractivity contribution in [3.05, 3.63) is 60.6 Å². The zero-order valence-corrected chi connectivity index (χ0v) is 14.4. The number of carbonyl (C=O) groups is 1. The van der Waals surface area contributed by atoms with E-state index in [1.165, 1.54) is 19.3 Å². The second-order valence-corrected chi connectivity index (χ2v) is 6.34. The van der Waals surface area contributed by atoms with Crippen LogP contribution in [-0.4, -0.2) is 29.1 Å². The van der Waals surface area contributed by atoms with Gasteiger partial charge < -0.3 is 14.7 Å². The molecule has 1 aliphatic heterocycles. The normalized spacial score (nSPS) is 14.2. The second kappa shape index (κ2) is 7.39. The molecule has 1 saturated heterocycles. The van der Waals surface area contributed by atoms with Crippen LogP contribution in [0.4, 0.5) is 11.4 Å². The first kappa shape index (κ1) is 16.3. The number of hydrogen-bond donors (Lipinski definition) is 1. The van der Waals surface area contributed by atoms with Crippen molar-refractivity contribution in [1.29, 1.82) is 0 Å². The molecule has 4 rings (SSSR count).